The topological polar surface area (TPSA) is 95.9 Å². The predicted octanol–water partition coefficient (Wildman–Crippen LogP) is 4.16. The van der Waals surface area contributed by atoms with Crippen molar-refractivity contribution in [1.29, 1.82) is 0 Å². The summed E-state index contributed by atoms with van der Waals surface area (Å²) in [5.74, 6) is -0.415. The average molecular weight is 475 g/mol. The fraction of sp³-hybridized carbons (Fsp3) is 0.464. The quantitative estimate of drug-likeness (QED) is 0.656. The van der Waals surface area contributed by atoms with E-state index in [1.807, 2.05) is 24.3 Å². The van der Waals surface area contributed by atoms with Crippen molar-refractivity contribution in [2.45, 2.75) is 56.0 Å². The van der Waals surface area contributed by atoms with E-state index in [2.05, 4.69) is 29.6 Å². The number of carboxylic acids is 1. The normalized spacial score (nSPS) is 28.2. The summed E-state index contributed by atoms with van der Waals surface area (Å²) < 4.78 is 5.67. The molecule has 7 nitrogen and oxygen atoms in total. The highest BCUT2D eigenvalue weighted by molar-refractivity contribution is 5.89. The zero-order valence-corrected chi connectivity index (χ0v) is 19.6. The molecule has 182 valence electrons. The summed E-state index contributed by atoms with van der Waals surface area (Å²) in [6, 6.07) is 16.5. The van der Waals surface area contributed by atoms with E-state index in [-0.39, 0.29) is 30.4 Å². The van der Waals surface area contributed by atoms with Gasteiger partial charge in [0.2, 0.25) is 5.91 Å². The smallest absolute Gasteiger partial charge is 0.407 e. The number of benzene rings is 2. The third-order valence-electron chi connectivity index (χ3n) is 8.58. The van der Waals surface area contributed by atoms with Gasteiger partial charge in [-0.1, -0.05) is 48.5 Å². The highest BCUT2D eigenvalue weighted by Gasteiger charge is 2.62. The van der Waals surface area contributed by atoms with Gasteiger partial charge in [0.25, 0.3) is 0 Å². The van der Waals surface area contributed by atoms with Gasteiger partial charge < -0.3 is 20.1 Å². The van der Waals surface area contributed by atoms with Crippen LogP contribution in [0.15, 0.2) is 48.5 Å². The van der Waals surface area contributed by atoms with Crippen molar-refractivity contribution in [1.82, 2.24) is 10.2 Å². The molecule has 2 bridgehead atoms. The molecule has 3 aliphatic carbocycles. The molecule has 2 saturated heterocycles. The molecule has 4 fully saturated rings. The van der Waals surface area contributed by atoms with Gasteiger partial charge in [-0.25, -0.2) is 9.59 Å². The lowest BCUT2D eigenvalue weighted by Crippen LogP contribution is -2.54. The molecule has 2 heterocycles. The van der Waals surface area contributed by atoms with Crippen molar-refractivity contribution in [2.24, 2.45) is 11.8 Å². The maximum atomic E-state index is 12.9. The van der Waals surface area contributed by atoms with Crippen LogP contribution in [-0.4, -0.2) is 52.7 Å². The molecule has 2 amide bonds. The Labute approximate surface area is 204 Å². The molecule has 2 N–H and O–H groups in total. The minimum atomic E-state index is -0.959. The van der Waals surface area contributed by atoms with Crippen molar-refractivity contribution in [3.8, 4) is 11.1 Å². The van der Waals surface area contributed by atoms with Crippen LogP contribution >= 0.6 is 0 Å². The van der Waals surface area contributed by atoms with Crippen LogP contribution in [0.1, 0.15) is 55.6 Å². The van der Waals surface area contributed by atoms with Crippen molar-refractivity contribution in [3.63, 3.8) is 0 Å². The molecule has 2 aromatic rings. The fourth-order valence-electron chi connectivity index (χ4n) is 6.86. The summed E-state index contributed by atoms with van der Waals surface area (Å²) in [6.45, 7) is 0.848. The lowest BCUT2D eigenvalue weighted by molar-refractivity contribution is -0.158. The number of carboxylic acid groups (broad SMARTS) is 1. The van der Waals surface area contributed by atoms with Crippen LogP contribution in [0.25, 0.3) is 11.1 Å². The van der Waals surface area contributed by atoms with Gasteiger partial charge in [-0.05, 0) is 66.2 Å². The molecule has 35 heavy (non-hydrogen) atoms. The lowest BCUT2D eigenvalue weighted by atomic mass is 9.73. The summed E-state index contributed by atoms with van der Waals surface area (Å²) in [5, 5.41) is 12.6. The van der Waals surface area contributed by atoms with E-state index in [9.17, 15) is 19.5 Å². The van der Waals surface area contributed by atoms with Crippen molar-refractivity contribution in [2.75, 3.05) is 13.2 Å². The van der Waals surface area contributed by atoms with Crippen LogP contribution in [0.5, 0.6) is 0 Å². The molecule has 0 unspecified atom stereocenters. The third-order valence-corrected chi connectivity index (χ3v) is 8.58. The predicted molar refractivity (Wildman–Crippen MR) is 129 cm³/mol. The van der Waals surface area contributed by atoms with Crippen LogP contribution < -0.4 is 5.32 Å². The molecule has 0 spiro atoms. The fourth-order valence-corrected chi connectivity index (χ4v) is 6.86. The molecule has 7 heteroatoms. The first kappa shape index (κ1) is 22.1. The molecule has 2 atom stereocenters. The van der Waals surface area contributed by atoms with Gasteiger partial charge in [-0.15, -0.1) is 0 Å². The number of rotatable bonds is 6. The van der Waals surface area contributed by atoms with Gasteiger partial charge in [0.15, 0.2) is 0 Å². The second kappa shape index (κ2) is 8.40. The Morgan fingerprint density at radius 3 is 2.31 bits per heavy atom. The van der Waals surface area contributed by atoms with Crippen LogP contribution in [-0.2, 0) is 14.3 Å². The molecular weight excluding hydrogens is 444 g/mol. The summed E-state index contributed by atoms with van der Waals surface area (Å²) in [7, 11) is 0. The number of alkyl carbamates (subject to hydrolysis) is 1. The van der Waals surface area contributed by atoms with Crippen LogP contribution in [0, 0.1) is 11.8 Å². The lowest BCUT2D eigenvalue weighted by Gasteiger charge is -2.38. The number of hydrogen-bond acceptors (Lipinski definition) is 4. The Hall–Kier alpha value is -3.35. The zero-order valence-electron chi connectivity index (χ0n) is 19.6. The van der Waals surface area contributed by atoms with E-state index < -0.39 is 17.6 Å². The molecule has 2 aromatic carbocycles. The zero-order chi connectivity index (χ0) is 24.2. The van der Waals surface area contributed by atoms with Gasteiger partial charge in [-0.2, -0.15) is 0 Å². The Kier molecular flexibility index (Phi) is 5.31. The van der Waals surface area contributed by atoms with Crippen molar-refractivity contribution >= 4 is 18.0 Å². The van der Waals surface area contributed by atoms with Crippen LogP contribution in [0.4, 0.5) is 4.79 Å². The number of ether oxygens (including phenoxy) is 1. The van der Waals surface area contributed by atoms with Gasteiger partial charge in [0.1, 0.15) is 12.1 Å². The van der Waals surface area contributed by atoms with Gasteiger partial charge >= 0.3 is 12.1 Å². The van der Waals surface area contributed by atoms with Gasteiger partial charge in [0, 0.05) is 24.9 Å². The highest BCUT2D eigenvalue weighted by Crippen LogP contribution is 2.51. The van der Waals surface area contributed by atoms with Crippen LogP contribution in [0.2, 0.25) is 0 Å². The largest absolute Gasteiger partial charge is 0.479 e. The number of hydrogen-bond donors (Lipinski definition) is 2. The van der Waals surface area contributed by atoms with Crippen LogP contribution in [0.3, 0.4) is 0 Å². The van der Waals surface area contributed by atoms with E-state index >= 15 is 0 Å². The number of amides is 2. The third kappa shape index (κ3) is 3.68. The summed E-state index contributed by atoms with van der Waals surface area (Å²) in [4.78, 5) is 38.8. The number of nitrogens with one attached hydrogen (secondary N) is 1. The SMILES string of the molecule is O=C(N[C@H]1CC[C@@H](CC(=O)N2CC3CC2(C(=O)O)C3)C1)OCC1c2ccccc2-c2ccccc21. The summed E-state index contributed by atoms with van der Waals surface area (Å²) >= 11 is 0. The summed E-state index contributed by atoms with van der Waals surface area (Å²) in [6.07, 6.45) is 3.47. The Bertz CT molecular complexity index is 1140. The minimum Gasteiger partial charge on any atom is -0.479 e. The van der Waals surface area contributed by atoms with E-state index in [1.165, 1.54) is 22.3 Å². The van der Waals surface area contributed by atoms with Gasteiger partial charge in [0.05, 0.1) is 0 Å². The molecular formula is C28H30N2O5. The number of carbonyl (C=O) groups excluding carboxylic acids is 2. The van der Waals surface area contributed by atoms with Gasteiger partial charge in [-0.3, -0.25) is 4.79 Å². The Morgan fingerprint density at radius 1 is 1.00 bits per heavy atom. The summed E-state index contributed by atoms with van der Waals surface area (Å²) in [5.41, 5.74) is 3.79. The highest BCUT2D eigenvalue weighted by atomic mass is 16.5. The van der Waals surface area contributed by atoms with E-state index in [0.717, 1.165) is 12.8 Å². The average Bonchev–Trinajstić information content (AvgIpc) is 3.58. The number of fused-ring (bicyclic) bond motifs is 4. The second-order valence-electron chi connectivity index (χ2n) is 10.7. The van der Waals surface area contributed by atoms with Crippen molar-refractivity contribution in [3.05, 3.63) is 59.7 Å². The molecule has 2 saturated carbocycles. The monoisotopic (exact) mass is 474 g/mol. The number of carbonyl (C=O) groups is 3. The first-order valence-corrected chi connectivity index (χ1v) is 12.6. The van der Waals surface area contributed by atoms with E-state index in [1.54, 1.807) is 4.90 Å². The first-order valence-electron chi connectivity index (χ1n) is 12.6. The van der Waals surface area contributed by atoms with E-state index in [4.69, 9.17) is 4.74 Å². The Balaban J connectivity index is 1.01. The maximum absolute atomic E-state index is 12.9. The molecule has 0 radical (unpaired) electrons. The number of nitrogens with zero attached hydrogens (tertiary/aromatic N) is 1. The Morgan fingerprint density at radius 2 is 1.66 bits per heavy atom. The van der Waals surface area contributed by atoms with E-state index in [0.29, 0.717) is 38.1 Å². The molecule has 5 aliphatic rings. The molecule has 2 aliphatic heterocycles. The maximum Gasteiger partial charge on any atom is 0.407 e. The van der Waals surface area contributed by atoms with Crippen molar-refractivity contribution < 1.29 is 24.2 Å². The minimum absolute atomic E-state index is 0.0235. The first-order chi connectivity index (χ1) is 16.9. The molecule has 0 aromatic heterocycles. The second-order valence-corrected chi connectivity index (χ2v) is 10.7. The number of aliphatic carboxylic acids is 1. The molecule has 7 rings (SSSR count). The standard InChI is InChI=1S/C28H30N2O5/c31-25(30-15-18-13-28(30,14-18)26(32)33)12-17-9-10-19(11-17)29-27(34)35-16-24-22-7-3-1-5-20(22)21-6-2-4-8-23(21)24/h1-8,17-19,24H,9-16H2,(H,29,34)(H,32,33)/t17-,18?,19+,28?/m1/s1.